The molecule has 3 rings (SSSR count). The maximum Gasteiger partial charge on any atom is 0.335 e. The Morgan fingerprint density at radius 3 is 2.59 bits per heavy atom. The molecule has 6 heteroatoms. The SMILES string of the molecule is [2H]c1c([2H])c(NC([2H])([2H])CNC([2H])([2H])[C@H](O)c2c([2H])c([2H])c([2H])c(Cl)c2[2H])c([2H])c(-c2c([2H])c([2H])c([2H])c(C(=O)O)c2[2H])c1[2H]. The van der Waals surface area contributed by atoms with E-state index in [1.54, 1.807) is 0 Å². The van der Waals surface area contributed by atoms with Gasteiger partial charge in [0.1, 0.15) is 0 Å². The zero-order chi connectivity index (χ0) is 34.7. The topological polar surface area (TPSA) is 81.6 Å². The lowest BCUT2D eigenvalue weighted by Crippen LogP contribution is -2.26. The number of aliphatic hydroxyl groups excluding tert-OH is 1. The van der Waals surface area contributed by atoms with Crippen molar-refractivity contribution in [3.05, 3.63) is 88.7 Å². The molecule has 29 heavy (non-hydrogen) atoms. The van der Waals surface area contributed by atoms with Crippen molar-refractivity contribution < 1.29 is 36.9 Å². The minimum absolute atomic E-state index is 0.624. The van der Waals surface area contributed by atoms with Crippen LogP contribution in [0.4, 0.5) is 5.69 Å². The van der Waals surface area contributed by atoms with E-state index in [0.29, 0.717) is 0 Å². The average molecular weight is 427 g/mol. The van der Waals surface area contributed by atoms with E-state index in [1.807, 2.05) is 5.32 Å². The Balaban J connectivity index is 2.06. The molecular weight excluding hydrogens is 388 g/mol. The van der Waals surface area contributed by atoms with E-state index < -0.39 is 137 Å². The van der Waals surface area contributed by atoms with Gasteiger partial charge in [-0.05, 0) is 52.9 Å². The molecule has 0 spiro atoms. The first kappa shape index (κ1) is 8.48. The fourth-order valence-electron chi connectivity index (χ4n) is 1.97. The highest BCUT2D eigenvalue weighted by atomic mass is 35.5. The summed E-state index contributed by atoms with van der Waals surface area (Å²) in [6, 6.07) is -10.8. The van der Waals surface area contributed by atoms with Crippen molar-refractivity contribution in [2.45, 2.75) is 6.10 Å². The zero-order valence-corrected chi connectivity index (χ0v) is 15.2. The summed E-state index contributed by atoms with van der Waals surface area (Å²) in [6.07, 6.45) is -2.38. The summed E-state index contributed by atoms with van der Waals surface area (Å²) in [5.41, 5.74) is -4.14. The second-order valence-corrected chi connectivity index (χ2v) is 5.61. The molecule has 0 saturated carbocycles. The van der Waals surface area contributed by atoms with Gasteiger partial charge in [-0.3, -0.25) is 0 Å². The Kier molecular flexibility index (Phi) is 2.94. The Hall–Kier alpha value is -2.86. The maximum absolute atomic E-state index is 11.7. The normalized spacial score (nSPS) is 20.6. The number of carbonyl (C=O) groups is 1. The molecule has 0 aliphatic carbocycles. The highest BCUT2D eigenvalue weighted by Gasteiger charge is 2.07. The van der Waals surface area contributed by atoms with Gasteiger partial charge >= 0.3 is 5.97 Å². The van der Waals surface area contributed by atoms with Gasteiger partial charge in [-0.1, -0.05) is 47.9 Å². The molecule has 4 N–H and O–H groups in total. The molecule has 0 fully saturated rings. The van der Waals surface area contributed by atoms with Crippen molar-refractivity contribution in [3.63, 3.8) is 0 Å². The monoisotopic (exact) mass is 426 g/mol. The van der Waals surface area contributed by atoms with Gasteiger partial charge in [-0.15, -0.1) is 0 Å². The molecule has 0 aliphatic heterocycles. The van der Waals surface area contributed by atoms with Gasteiger partial charge in [0.25, 0.3) is 0 Å². The van der Waals surface area contributed by atoms with Crippen LogP contribution in [0.25, 0.3) is 11.1 Å². The largest absolute Gasteiger partial charge is 0.478 e. The van der Waals surface area contributed by atoms with Crippen LogP contribution in [0.5, 0.6) is 0 Å². The van der Waals surface area contributed by atoms with Crippen LogP contribution in [0, 0.1) is 0 Å². The minimum Gasteiger partial charge on any atom is -0.478 e. The number of hydrogen-bond acceptors (Lipinski definition) is 4. The Morgan fingerprint density at radius 1 is 1.07 bits per heavy atom. The van der Waals surface area contributed by atoms with Crippen molar-refractivity contribution in [1.82, 2.24) is 5.32 Å². The van der Waals surface area contributed by atoms with Gasteiger partial charge in [0.2, 0.25) is 0 Å². The van der Waals surface area contributed by atoms with Gasteiger partial charge in [-0.25, -0.2) is 4.79 Å². The molecule has 0 aliphatic rings. The van der Waals surface area contributed by atoms with Gasteiger partial charge in [0.05, 0.1) is 30.9 Å². The summed E-state index contributed by atoms with van der Waals surface area (Å²) in [5.74, 6) is -1.81. The van der Waals surface area contributed by atoms with E-state index in [-0.39, 0.29) is 0 Å². The molecule has 3 aromatic carbocycles. The molecule has 0 unspecified atom stereocenters. The van der Waals surface area contributed by atoms with Gasteiger partial charge in [-0.2, -0.15) is 0 Å². The predicted octanol–water partition coefficient (Wildman–Crippen LogP) is 4.44. The summed E-state index contributed by atoms with van der Waals surface area (Å²) in [4.78, 5) is 11.7. The summed E-state index contributed by atoms with van der Waals surface area (Å²) >= 11 is 5.83. The van der Waals surface area contributed by atoms with Gasteiger partial charge in [0, 0.05) is 33.0 Å². The summed E-state index contributed by atoms with van der Waals surface area (Å²) in [7, 11) is 0. The number of nitrogens with one attached hydrogen (secondary N) is 2. The maximum atomic E-state index is 11.7. The van der Waals surface area contributed by atoms with E-state index >= 15 is 0 Å². The number of aliphatic hydroxyl groups is 1. The Morgan fingerprint density at radius 2 is 1.79 bits per heavy atom. The number of benzene rings is 3. The lowest BCUT2D eigenvalue weighted by Gasteiger charge is -2.13. The summed E-state index contributed by atoms with van der Waals surface area (Å²) in [6.45, 7) is -6.92. The fourth-order valence-corrected chi connectivity index (χ4v) is 2.12. The molecule has 5 nitrogen and oxygen atoms in total. The number of anilines is 1. The second-order valence-electron chi connectivity index (χ2n) is 5.24. The molecule has 0 bridgehead atoms. The molecular formula is C23H23ClN2O3. The molecule has 0 amide bonds. The molecule has 0 aromatic heterocycles. The number of aromatic carboxylic acids is 1. The van der Waals surface area contributed by atoms with E-state index in [2.05, 4.69) is 5.32 Å². The third kappa shape index (κ3) is 6.06. The lowest BCUT2D eigenvalue weighted by atomic mass is 10.0. The molecule has 1 atom stereocenters. The van der Waals surface area contributed by atoms with E-state index in [9.17, 15) is 15.0 Å². The second kappa shape index (κ2) is 10.1. The molecule has 3 aromatic rings. The van der Waals surface area contributed by atoms with Crippen molar-refractivity contribution in [3.8, 4) is 11.1 Å². The van der Waals surface area contributed by atoms with Crippen LogP contribution < -0.4 is 10.6 Å². The third-order valence-corrected chi connectivity index (χ3v) is 3.42. The van der Waals surface area contributed by atoms with Crippen LogP contribution >= 0.6 is 11.6 Å². The highest BCUT2D eigenvalue weighted by Crippen LogP contribution is 2.23. The first-order chi connectivity index (χ1) is 20.5. The first-order valence-corrected chi connectivity index (χ1v) is 8.29. The summed E-state index contributed by atoms with van der Waals surface area (Å²) < 4.78 is 130. The standard InChI is InChI=1S/C23H23ClN2O3/c24-20-8-2-6-18(13-20)22(27)15-25-10-11-26-21-9-3-5-17(14-21)16-4-1-7-19(12-16)23(28)29/h1-9,12-14,22,25-27H,10-11,15H2,(H,28,29)/t22-/m0/s1/i1D,2D,3D,4D,5D,6D,7D,8D,9D,11D2,12D,13D,14D,15D2. The zero-order valence-electron chi connectivity index (χ0n) is 30.5. The van der Waals surface area contributed by atoms with Gasteiger partial charge in [0.15, 0.2) is 0 Å². The third-order valence-electron chi connectivity index (χ3n) is 3.23. The van der Waals surface area contributed by atoms with Crippen LogP contribution in [0.1, 0.15) is 44.0 Å². The summed E-state index contributed by atoms with van der Waals surface area (Å²) in [5, 5.41) is 23.7. The Bertz CT molecular complexity index is 1710. The number of rotatable bonds is 9. The predicted molar refractivity (Wildman–Crippen MR) is 117 cm³/mol. The number of carboxylic acid groups (broad SMARTS) is 1. The Labute approximate surface area is 197 Å². The fraction of sp³-hybridized carbons (Fsp3) is 0.174. The quantitative estimate of drug-likeness (QED) is 0.406. The van der Waals surface area contributed by atoms with Crippen molar-refractivity contribution in [2.24, 2.45) is 0 Å². The van der Waals surface area contributed by atoms with E-state index in [0.717, 1.165) is 0 Å². The lowest BCUT2D eigenvalue weighted by molar-refractivity contribution is 0.0697. The van der Waals surface area contributed by atoms with E-state index in [1.165, 1.54) is 0 Å². The van der Waals surface area contributed by atoms with Gasteiger partial charge < -0.3 is 20.8 Å². The van der Waals surface area contributed by atoms with Crippen molar-refractivity contribution >= 4 is 23.3 Å². The van der Waals surface area contributed by atoms with Crippen LogP contribution in [0.2, 0.25) is 5.02 Å². The van der Waals surface area contributed by atoms with Crippen LogP contribution in [-0.4, -0.2) is 35.7 Å². The van der Waals surface area contributed by atoms with Crippen LogP contribution in [-0.2, 0) is 0 Å². The van der Waals surface area contributed by atoms with Crippen molar-refractivity contribution in [1.29, 1.82) is 0 Å². The highest BCUT2D eigenvalue weighted by molar-refractivity contribution is 6.30. The number of halogens is 1. The smallest absolute Gasteiger partial charge is 0.335 e. The number of hydrogen-bond donors (Lipinski definition) is 4. The molecule has 0 heterocycles. The molecule has 0 radical (unpaired) electrons. The van der Waals surface area contributed by atoms with Crippen LogP contribution in [0.15, 0.2) is 72.5 Å². The minimum atomic E-state index is -3.01. The molecule has 150 valence electrons. The molecule has 0 saturated heterocycles. The first-order valence-electron chi connectivity index (χ1n) is 15.9. The van der Waals surface area contributed by atoms with Crippen LogP contribution in [0.3, 0.4) is 0 Å². The average Bonchev–Trinajstić information content (AvgIpc) is 2.95. The number of carboxylic acids is 1. The van der Waals surface area contributed by atoms with E-state index in [4.69, 9.17) is 33.5 Å². The van der Waals surface area contributed by atoms with Crippen molar-refractivity contribution in [2.75, 3.05) is 24.9 Å².